The fourth-order valence-corrected chi connectivity index (χ4v) is 4.50. The Morgan fingerprint density at radius 1 is 1.00 bits per heavy atom. The Morgan fingerprint density at radius 3 is 2.41 bits per heavy atom. The van der Waals surface area contributed by atoms with Crippen molar-refractivity contribution in [3.05, 3.63) is 59.7 Å². The number of benzene rings is 2. The smallest absolute Gasteiger partial charge is 0.116 e. The molecule has 0 N–H and O–H groups in total. The molecule has 4 heteroatoms. The minimum Gasteiger partial charge on any atom is -0.237 e. The van der Waals surface area contributed by atoms with Gasteiger partial charge in [0.05, 0.1) is 11.6 Å². The van der Waals surface area contributed by atoms with Crippen LogP contribution >= 0.6 is 0 Å². The van der Waals surface area contributed by atoms with Gasteiger partial charge in [0.1, 0.15) is 5.52 Å². The molecule has 3 aromatic rings. The highest BCUT2D eigenvalue weighted by Gasteiger charge is 2.25. The summed E-state index contributed by atoms with van der Waals surface area (Å²) >= 11 is 0. The van der Waals surface area contributed by atoms with Gasteiger partial charge in [0.2, 0.25) is 0 Å². The Kier molecular flexibility index (Phi) is 3.87. The molecular weight excluding hydrogens is 286 g/mol. The maximum absolute atomic E-state index is 4.51. The van der Waals surface area contributed by atoms with Gasteiger partial charge < -0.3 is 0 Å². The molecule has 22 heavy (non-hydrogen) atoms. The Bertz CT molecular complexity index is 772. The average Bonchev–Trinajstić information content (AvgIpc) is 2.90. The predicted octanol–water partition coefficient (Wildman–Crippen LogP) is 4.67. The summed E-state index contributed by atoms with van der Waals surface area (Å²) in [5.74, 6) is 0. The van der Waals surface area contributed by atoms with Crippen molar-refractivity contribution in [3.63, 3.8) is 0 Å². The third kappa shape index (κ3) is 2.97. The van der Waals surface area contributed by atoms with E-state index in [4.69, 9.17) is 0 Å². The number of aromatic nitrogens is 3. The van der Waals surface area contributed by atoms with Crippen molar-refractivity contribution in [2.45, 2.75) is 38.7 Å². The number of aryl methyl sites for hydroxylation is 1. The molecule has 3 rings (SSSR count). The molecule has 114 valence electrons. The highest BCUT2D eigenvalue weighted by molar-refractivity contribution is 6.76. The number of nitrogens with zero attached hydrogens (tertiary/aromatic N) is 3. The van der Waals surface area contributed by atoms with Crippen LogP contribution in [0, 0.1) is 6.92 Å². The summed E-state index contributed by atoms with van der Waals surface area (Å²) < 4.78 is 2.12. The zero-order valence-electron chi connectivity index (χ0n) is 13.7. The predicted molar refractivity (Wildman–Crippen MR) is 95.0 cm³/mol. The van der Waals surface area contributed by atoms with Crippen LogP contribution in [0.3, 0.4) is 0 Å². The van der Waals surface area contributed by atoms with Gasteiger partial charge in [-0.3, -0.25) is 0 Å². The minimum atomic E-state index is -1.25. The molecule has 0 aliphatic heterocycles. The van der Waals surface area contributed by atoms with Crippen molar-refractivity contribution in [2.24, 2.45) is 0 Å². The lowest BCUT2D eigenvalue weighted by atomic mass is 10.1. The van der Waals surface area contributed by atoms with Crippen LogP contribution in [-0.2, 0) is 0 Å². The van der Waals surface area contributed by atoms with Crippen LogP contribution in [0.5, 0.6) is 0 Å². The van der Waals surface area contributed by atoms with Gasteiger partial charge >= 0.3 is 0 Å². The van der Waals surface area contributed by atoms with Gasteiger partial charge in [-0.15, -0.1) is 5.10 Å². The second kappa shape index (κ2) is 5.69. The lowest BCUT2D eigenvalue weighted by molar-refractivity contribution is 0.554. The van der Waals surface area contributed by atoms with Crippen molar-refractivity contribution in [2.75, 3.05) is 0 Å². The fraction of sp³-hybridized carbons (Fsp3) is 0.333. The van der Waals surface area contributed by atoms with Crippen molar-refractivity contribution in [1.82, 2.24) is 15.0 Å². The Hall–Kier alpha value is -1.94. The number of hydrogen-bond acceptors (Lipinski definition) is 2. The summed E-state index contributed by atoms with van der Waals surface area (Å²) in [4.78, 5) is 0. The van der Waals surface area contributed by atoms with Crippen LogP contribution < -0.4 is 0 Å². The maximum Gasteiger partial charge on any atom is 0.116 e. The topological polar surface area (TPSA) is 30.7 Å². The summed E-state index contributed by atoms with van der Waals surface area (Å²) in [5, 5.41) is 8.93. The van der Waals surface area contributed by atoms with Crippen LogP contribution in [-0.4, -0.2) is 23.1 Å². The van der Waals surface area contributed by atoms with Crippen LogP contribution in [0.15, 0.2) is 48.5 Å². The lowest BCUT2D eigenvalue weighted by Crippen LogP contribution is -2.27. The Morgan fingerprint density at radius 2 is 1.73 bits per heavy atom. The number of fused-ring (bicyclic) bond motifs is 1. The van der Waals surface area contributed by atoms with E-state index >= 15 is 0 Å². The standard InChI is InChI=1S/C18H23N3Si/c1-14-9-8-12-16-18(14)19-20-21(16)17(13-22(2,3)4)15-10-6-5-7-11-15/h5-12,17H,13H2,1-4H3. The molecular formula is C18H23N3Si. The molecule has 1 heterocycles. The monoisotopic (exact) mass is 309 g/mol. The molecule has 0 saturated carbocycles. The molecule has 0 spiro atoms. The SMILES string of the molecule is Cc1cccc2c1nnn2C(C[Si](C)(C)C)c1ccccc1. The summed E-state index contributed by atoms with van der Waals surface area (Å²) in [6, 6.07) is 18.4. The molecule has 0 radical (unpaired) electrons. The lowest BCUT2D eigenvalue weighted by Gasteiger charge is -2.25. The maximum atomic E-state index is 4.51. The van der Waals surface area contributed by atoms with Gasteiger partial charge in [-0.25, -0.2) is 4.68 Å². The zero-order chi connectivity index (χ0) is 15.7. The van der Waals surface area contributed by atoms with E-state index in [1.807, 2.05) is 0 Å². The van der Waals surface area contributed by atoms with Gasteiger partial charge in [0.25, 0.3) is 0 Å². The van der Waals surface area contributed by atoms with Crippen molar-refractivity contribution >= 4 is 19.1 Å². The second-order valence-electron chi connectivity index (χ2n) is 7.17. The first kappa shape index (κ1) is 15.0. The van der Waals surface area contributed by atoms with Gasteiger partial charge in [0.15, 0.2) is 0 Å². The molecule has 1 aromatic heterocycles. The normalized spacial score (nSPS) is 13.5. The largest absolute Gasteiger partial charge is 0.237 e. The van der Waals surface area contributed by atoms with E-state index in [1.54, 1.807) is 0 Å². The highest BCUT2D eigenvalue weighted by atomic mass is 28.3. The summed E-state index contributed by atoms with van der Waals surface area (Å²) in [6.45, 7) is 9.32. The van der Waals surface area contributed by atoms with Crippen molar-refractivity contribution < 1.29 is 0 Å². The average molecular weight is 309 g/mol. The first-order valence-electron chi connectivity index (χ1n) is 7.81. The van der Waals surface area contributed by atoms with E-state index in [-0.39, 0.29) is 6.04 Å². The third-order valence-corrected chi connectivity index (χ3v) is 5.60. The molecule has 0 aliphatic carbocycles. The van der Waals surface area contributed by atoms with Crippen LogP contribution in [0.2, 0.25) is 25.7 Å². The summed E-state index contributed by atoms with van der Waals surface area (Å²) in [7, 11) is -1.25. The van der Waals surface area contributed by atoms with Crippen molar-refractivity contribution in [1.29, 1.82) is 0 Å². The van der Waals surface area contributed by atoms with E-state index in [0.717, 1.165) is 17.1 Å². The zero-order valence-corrected chi connectivity index (χ0v) is 14.7. The van der Waals surface area contributed by atoms with Crippen LogP contribution in [0.25, 0.3) is 11.0 Å². The van der Waals surface area contributed by atoms with E-state index in [9.17, 15) is 0 Å². The van der Waals surface area contributed by atoms with Crippen LogP contribution in [0.1, 0.15) is 17.2 Å². The van der Waals surface area contributed by atoms with E-state index in [1.165, 1.54) is 11.1 Å². The molecule has 0 fully saturated rings. The molecule has 0 aliphatic rings. The number of rotatable bonds is 4. The fourth-order valence-electron chi connectivity index (χ4n) is 2.93. The molecule has 1 unspecified atom stereocenters. The van der Waals surface area contributed by atoms with Crippen molar-refractivity contribution in [3.8, 4) is 0 Å². The summed E-state index contributed by atoms with van der Waals surface area (Å²) in [5.41, 5.74) is 4.65. The van der Waals surface area contributed by atoms with Gasteiger partial charge in [0, 0.05) is 8.07 Å². The highest BCUT2D eigenvalue weighted by Crippen LogP contribution is 2.30. The van der Waals surface area contributed by atoms with Gasteiger partial charge in [-0.1, -0.05) is 67.3 Å². The number of hydrogen-bond donors (Lipinski definition) is 0. The molecule has 0 bridgehead atoms. The molecule has 0 saturated heterocycles. The summed E-state index contributed by atoms with van der Waals surface area (Å²) in [6.07, 6.45) is 0. The molecule has 2 aromatic carbocycles. The molecule has 0 amide bonds. The Labute approximate surface area is 133 Å². The van der Waals surface area contributed by atoms with E-state index < -0.39 is 8.07 Å². The second-order valence-corrected chi connectivity index (χ2v) is 12.7. The van der Waals surface area contributed by atoms with E-state index in [2.05, 4.69) is 90.1 Å². The van der Waals surface area contributed by atoms with Crippen LogP contribution in [0.4, 0.5) is 0 Å². The first-order chi connectivity index (χ1) is 10.5. The minimum absolute atomic E-state index is 0.264. The van der Waals surface area contributed by atoms with E-state index in [0.29, 0.717) is 0 Å². The quantitative estimate of drug-likeness (QED) is 0.656. The third-order valence-electron chi connectivity index (χ3n) is 3.99. The molecule has 1 atom stereocenters. The van der Waals surface area contributed by atoms with Gasteiger partial charge in [-0.2, -0.15) is 0 Å². The molecule has 3 nitrogen and oxygen atoms in total. The first-order valence-corrected chi connectivity index (χ1v) is 11.5. The van der Waals surface area contributed by atoms with Gasteiger partial charge in [-0.05, 0) is 30.2 Å². The Balaban J connectivity index is 2.14.